The highest BCUT2D eigenvalue weighted by Crippen LogP contribution is 2.14. The molecule has 0 radical (unpaired) electrons. The van der Waals surface area contributed by atoms with Gasteiger partial charge in [-0.25, -0.2) is 4.79 Å². The Balaban J connectivity index is 2.78. The number of hydrogen-bond acceptors (Lipinski definition) is 3. The fraction of sp³-hybridized carbons (Fsp3) is 0.375. The Bertz CT molecular complexity index is 537. The predicted molar refractivity (Wildman–Crippen MR) is 81.3 cm³/mol. The number of carboxylic acids is 1. The van der Waals surface area contributed by atoms with Crippen LogP contribution in [0.15, 0.2) is 24.3 Å². The van der Waals surface area contributed by atoms with Crippen molar-refractivity contribution in [3.8, 4) is 0 Å². The summed E-state index contributed by atoms with van der Waals surface area (Å²) in [5.41, 5.74) is 2.25. The molecule has 21 heavy (non-hydrogen) atoms. The third kappa shape index (κ3) is 5.39. The number of carbonyl (C=O) groups is 2. The van der Waals surface area contributed by atoms with Crippen LogP contribution in [-0.2, 0) is 9.53 Å². The quantitative estimate of drug-likeness (QED) is 0.618. The van der Waals surface area contributed by atoms with E-state index < -0.39 is 5.97 Å². The number of hydrogen-bond donors (Lipinski definition) is 1. The Morgan fingerprint density at radius 3 is 2.67 bits per heavy atom. The molecule has 5 nitrogen and oxygen atoms in total. The summed E-state index contributed by atoms with van der Waals surface area (Å²) in [5.74, 6) is -1.05. The van der Waals surface area contributed by atoms with Crippen molar-refractivity contribution in [3.63, 3.8) is 0 Å². The molecular formula is C16H21NO4. The van der Waals surface area contributed by atoms with Crippen LogP contribution in [0.2, 0.25) is 0 Å². The second-order valence-electron chi connectivity index (χ2n) is 4.82. The number of amides is 1. The van der Waals surface area contributed by atoms with Crippen LogP contribution >= 0.6 is 0 Å². The maximum Gasteiger partial charge on any atom is 0.328 e. The van der Waals surface area contributed by atoms with E-state index in [0.717, 1.165) is 23.6 Å². The first-order valence-electron chi connectivity index (χ1n) is 6.71. The van der Waals surface area contributed by atoms with Crippen molar-refractivity contribution in [1.29, 1.82) is 0 Å². The van der Waals surface area contributed by atoms with Gasteiger partial charge in [-0.15, -0.1) is 0 Å². The van der Waals surface area contributed by atoms with Crippen molar-refractivity contribution in [3.05, 3.63) is 41.0 Å². The van der Waals surface area contributed by atoms with E-state index in [2.05, 4.69) is 0 Å². The number of aliphatic carboxylic acids is 1. The van der Waals surface area contributed by atoms with E-state index in [-0.39, 0.29) is 5.91 Å². The van der Waals surface area contributed by atoms with Gasteiger partial charge >= 0.3 is 5.97 Å². The number of nitrogens with zero attached hydrogens (tertiary/aromatic N) is 1. The second kappa shape index (κ2) is 8.21. The lowest BCUT2D eigenvalue weighted by Crippen LogP contribution is -2.28. The Labute approximate surface area is 124 Å². The number of benzene rings is 1. The monoisotopic (exact) mass is 291 g/mol. The van der Waals surface area contributed by atoms with E-state index in [1.54, 1.807) is 37.3 Å². The standard InChI is InChI=1S/C16H21NO4/c1-12-11-14(6-5-13(12)7-8-15(18)19)16(20)17(2)9-4-10-21-3/h5-8,11H,4,9-10H2,1-3H3,(H,18,19)/b8-7+. The zero-order valence-electron chi connectivity index (χ0n) is 12.6. The number of aryl methyl sites for hydroxylation is 1. The summed E-state index contributed by atoms with van der Waals surface area (Å²) in [7, 11) is 3.39. The van der Waals surface area contributed by atoms with Gasteiger partial charge in [0.25, 0.3) is 5.91 Å². The van der Waals surface area contributed by atoms with Crippen LogP contribution in [0.25, 0.3) is 6.08 Å². The van der Waals surface area contributed by atoms with Crippen LogP contribution in [-0.4, -0.2) is 49.2 Å². The van der Waals surface area contributed by atoms with Crippen molar-refractivity contribution < 1.29 is 19.4 Å². The van der Waals surface area contributed by atoms with Gasteiger partial charge in [0.2, 0.25) is 0 Å². The van der Waals surface area contributed by atoms with Crippen molar-refractivity contribution in [2.75, 3.05) is 27.3 Å². The van der Waals surface area contributed by atoms with Crippen molar-refractivity contribution in [1.82, 2.24) is 4.90 Å². The van der Waals surface area contributed by atoms with Gasteiger partial charge in [-0.05, 0) is 42.7 Å². The summed E-state index contributed by atoms with van der Waals surface area (Å²) >= 11 is 0. The molecule has 1 aromatic rings. The van der Waals surface area contributed by atoms with Crippen molar-refractivity contribution in [2.24, 2.45) is 0 Å². The molecule has 1 rings (SSSR count). The molecule has 0 saturated carbocycles. The molecular weight excluding hydrogens is 270 g/mol. The average Bonchev–Trinajstić information content (AvgIpc) is 2.45. The molecule has 0 saturated heterocycles. The van der Waals surface area contributed by atoms with E-state index in [9.17, 15) is 9.59 Å². The average molecular weight is 291 g/mol. The molecule has 5 heteroatoms. The minimum absolute atomic E-state index is 0.0528. The van der Waals surface area contributed by atoms with Crippen LogP contribution in [0.1, 0.15) is 27.9 Å². The van der Waals surface area contributed by atoms with Crippen LogP contribution < -0.4 is 0 Å². The molecule has 0 fully saturated rings. The maximum absolute atomic E-state index is 12.2. The molecule has 0 aliphatic heterocycles. The smallest absolute Gasteiger partial charge is 0.328 e. The van der Waals surface area contributed by atoms with Gasteiger partial charge in [0.05, 0.1) is 0 Å². The van der Waals surface area contributed by atoms with Gasteiger partial charge < -0.3 is 14.7 Å². The third-order valence-corrected chi connectivity index (χ3v) is 3.11. The first-order chi connectivity index (χ1) is 9.95. The lowest BCUT2D eigenvalue weighted by molar-refractivity contribution is -0.131. The molecule has 0 heterocycles. The molecule has 1 N–H and O–H groups in total. The normalized spacial score (nSPS) is 10.8. The summed E-state index contributed by atoms with van der Waals surface area (Å²) in [5, 5.41) is 8.63. The minimum Gasteiger partial charge on any atom is -0.478 e. The SMILES string of the molecule is COCCCN(C)C(=O)c1ccc(/C=C/C(=O)O)c(C)c1. The lowest BCUT2D eigenvalue weighted by Gasteiger charge is -2.17. The number of carbonyl (C=O) groups excluding carboxylic acids is 1. The zero-order chi connectivity index (χ0) is 15.8. The fourth-order valence-corrected chi connectivity index (χ4v) is 1.92. The van der Waals surface area contributed by atoms with Gasteiger partial charge in [0, 0.05) is 38.9 Å². The molecule has 0 spiro atoms. The molecule has 0 aliphatic carbocycles. The summed E-state index contributed by atoms with van der Waals surface area (Å²) in [6.45, 7) is 3.10. The summed E-state index contributed by atoms with van der Waals surface area (Å²) in [6, 6.07) is 5.24. The van der Waals surface area contributed by atoms with E-state index in [1.807, 2.05) is 6.92 Å². The fourth-order valence-electron chi connectivity index (χ4n) is 1.92. The van der Waals surface area contributed by atoms with Gasteiger partial charge in [-0.2, -0.15) is 0 Å². The van der Waals surface area contributed by atoms with Crippen LogP contribution in [0.5, 0.6) is 0 Å². The molecule has 0 aromatic heterocycles. The largest absolute Gasteiger partial charge is 0.478 e. The molecule has 1 aromatic carbocycles. The summed E-state index contributed by atoms with van der Waals surface area (Å²) in [6.07, 6.45) is 3.39. The number of ether oxygens (including phenoxy) is 1. The topological polar surface area (TPSA) is 66.8 Å². The zero-order valence-corrected chi connectivity index (χ0v) is 12.6. The Hall–Kier alpha value is -2.14. The van der Waals surface area contributed by atoms with Gasteiger partial charge in [-0.1, -0.05) is 6.07 Å². The van der Waals surface area contributed by atoms with E-state index in [1.165, 1.54) is 6.08 Å². The van der Waals surface area contributed by atoms with Crippen LogP contribution in [0.3, 0.4) is 0 Å². The molecule has 1 amide bonds. The highest BCUT2D eigenvalue weighted by Gasteiger charge is 2.12. The summed E-state index contributed by atoms with van der Waals surface area (Å²) < 4.78 is 4.97. The Kier molecular flexibility index (Phi) is 6.62. The van der Waals surface area contributed by atoms with Crippen LogP contribution in [0.4, 0.5) is 0 Å². The molecule has 114 valence electrons. The molecule has 0 atom stereocenters. The third-order valence-electron chi connectivity index (χ3n) is 3.11. The minimum atomic E-state index is -0.993. The summed E-state index contributed by atoms with van der Waals surface area (Å²) in [4.78, 5) is 24.4. The predicted octanol–water partition coefficient (Wildman–Crippen LogP) is 2.20. The first-order valence-corrected chi connectivity index (χ1v) is 6.71. The van der Waals surface area contributed by atoms with Gasteiger partial charge in [0.1, 0.15) is 0 Å². The Morgan fingerprint density at radius 2 is 2.10 bits per heavy atom. The van der Waals surface area contributed by atoms with Crippen molar-refractivity contribution >= 4 is 18.0 Å². The maximum atomic E-state index is 12.2. The van der Waals surface area contributed by atoms with Crippen LogP contribution in [0, 0.1) is 6.92 Å². The lowest BCUT2D eigenvalue weighted by atomic mass is 10.0. The van der Waals surface area contributed by atoms with Crippen molar-refractivity contribution in [2.45, 2.75) is 13.3 Å². The van der Waals surface area contributed by atoms with Gasteiger partial charge in [0.15, 0.2) is 0 Å². The second-order valence-corrected chi connectivity index (χ2v) is 4.82. The number of methoxy groups -OCH3 is 1. The first kappa shape index (κ1) is 16.9. The molecule has 0 bridgehead atoms. The number of rotatable bonds is 7. The van der Waals surface area contributed by atoms with E-state index in [0.29, 0.717) is 18.7 Å². The highest BCUT2D eigenvalue weighted by atomic mass is 16.5. The number of carboxylic acid groups (broad SMARTS) is 1. The Morgan fingerprint density at radius 1 is 1.38 bits per heavy atom. The van der Waals surface area contributed by atoms with E-state index >= 15 is 0 Å². The molecule has 0 aliphatic rings. The molecule has 0 unspecified atom stereocenters. The van der Waals surface area contributed by atoms with Gasteiger partial charge in [-0.3, -0.25) is 4.79 Å². The highest BCUT2D eigenvalue weighted by molar-refractivity contribution is 5.94. The van der Waals surface area contributed by atoms with E-state index in [4.69, 9.17) is 9.84 Å².